The number of thioether (sulfide) groups is 1. The average molecular weight is 413 g/mol. The number of nitrogens with one attached hydrogen (secondary N) is 3. The second-order valence-electron chi connectivity index (χ2n) is 7.38. The van der Waals surface area contributed by atoms with Crippen LogP contribution in [0.4, 0.5) is 5.69 Å². The summed E-state index contributed by atoms with van der Waals surface area (Å²) in [5, 5.41) is 5.49. The van der Waals surface area contributed by atoms with Crippen LogP contribution >= 0.6 is 11.8 Å². The molecular weight excluding hydrogens is 386 g/mol. The molecule has 0 aromatic heterocycles. The van der Waals surface area contributed by atoms with Crippen molar-refractivity contribution in [2.75, 3.05) is 31.6 Å². The minimum Gasteiger partial charge on any atom is -0.370 e. The van der Waals surface area contributed by atoms with E-state index in [-0.39, 0.29) is 18.2 Å². The summed E-state index contributed by atoms with van der Waals surface area (Å²) in [6.45, 7) is 5.05. The number of anilines is 1. The molecular formula is C22H26N3O3S+. The summed E-state index contributed by atoms with van der Waals surface area (Å²) >= 11 is 1.45. The van der Waals surface area contributed by atoms with Crippen molar-refractivity contribution in [3.63, 3.8) is 0 Å². The lowest BCUT2D eigenvalue weighted by Gasteiger charge is -2.25. The monoisotopic (exact) mass is 412 g/mol. The molecule has 2 aliphatic rings. The quantitative estimate of drug-likeness (QED) is 0.667. The lowest BCUT2D eigenvalue weighted by Crippen LogP contribution is -3.12. The first-order chi connectivity index (χ1) is 14.2. The van der Waals surface area contributed by atoms with Gasteiger partial charge in [-0.1, -0.05) is 36.4 Å². The molecule has 7 heteroatoms. The van der Waals surface area contributed by atoms with E-state index in [0.717, 1.165) is 49.0 Å². The fourth-order valence-electron chi connectivity index (χ4n) is 3.67. The molecule has 2 aromatic rings. The van der Waals surface area contributed by atoms with Crippen molar-refractivity contribution in [3.8, 4) is 0 Å². The third-order valence-corrected chi connectivity index (χ3v) is 6.59. The number of carbonyl (C=O) groups is 2. The molecule has 1 fully saturated rings. The van der Waals surface area contributed by atoms with Crippen molar-refractivity contribution < 1.29 is 19.2 Å². The van der Waals surface area contributed by atoms with E-state index in [1.165, 1.54) is 22.2 Å². The summed E-state index contributed by atoms with van der Waals surface area (Å²) in [6, 6.07) is 15.9. The number of morpholine rings is 1. The van der Waals surface area contributed by atoms with Crippen molar-refractivity contribution in [2.45, 2.75) is 29.7 Å². The van der Waals surface area contributed by atoms with Gasteiger partial charge in [-0.15, -0.1) is 11.8 Å². The minimum absolute atomic E-state index is 0.106. The van der Waals surface area contributed by atoms with E-state index in [1.807, 2.05) is 36.4 Å². The normalized spacial score (nSPS) is 19.3. The molecule has 29 heavy (non-hydrogen) atoms. The van der Waals surface area contributed by atoms with Crippen LogP contribution in [-0.4, -0.2) is 43.4 Å². The highest BCUT2D eigenvalue weighted by Gasteiger charge is 2.28. The second kappa shape index (κ2) is 9.43. The van der Waals surface area contributed by atoms with E-state index in [1.54, 1.807) is 0 Å². The van der Waals surface area contributed by atoms with Gasteiger partial charge in [0.1, 0.15) is 19.6 Å². The zero-order chi connectivity index (χ0) is 20.1. The number of hydrogen-bond donors (Lipinski definition) is 3. The zero-order valence-corrected chi connectivity index (χ0v) is 17.1. The van der Waals surface area contributed by atoms with E-state index >= 15 is 0 Å². The summed E-state index contributed by atoms with van der Waals surface area (Å²) in [5.74, 6) is -0.217. The van der Waals surface area contributed by atoms with Gasteiger partial charge in [0, 0.05) is 23.4 Å². The van der Waals surface area contributed by atoms with Crippen molar-refractivity contribution in [2.24, 2.45) is 0 Å². The van der Waals surface area contributed by atoms with Crippen LogP contribution in [0.3, 0.4) is 0 Å². The number of quaternary nitrogens is 1. The van der Waals surface area contributed by atoms with Crippen LogP contribution in [0.5, 0.6) is 0 Å². The molecule has 0 saturated carbocycles. The number of amides is 2. The third-order valence-electron chi connectivity index (χ3n) is 5.31. The molecule has 2 heterocycles. The Bertz CT molecular complexity index is 883. The van der Waals surface area contributed by atoms with Gasteiger partial charge in [0.15, 0.2) is 0 Å². The van der Waals surface area contributed by atoms with Gasteiger partial charge in [-0.3, -0.25) is 9.59 Å². The predicted molar refractivity (Wildman–Crippen MR) is 113 cm³/mol. The molecule has 0 unspecified atom stereocenters. The lowest BCUT2D eigenvalue weighted by molar-refractivity contribution is -0.921. The Kier molecular flexibility index (Phi) is 6.49. The van der Waals surface area contributed by atoms with Crippen LogP contribution in [0.15, 0.2) is 53.4 Å². The first-order valence-corrected chi connectivity index (χ1v) is 10.9. The second-order valence-corrected chi connectivity index (χ2v) is 8.63. The van der Waals surface area contributed by atoms with Gasteiger partial charge in [-0.05, 0) is 17.7 Å². The van der Waals surface area contributed by atoms with Crippen LogP contribution in [0, 0.1) is 0 Å². The Hall–Kier alpha value is -2.35. The minimum atomic E-state index is -0.405. The topological polar surface area (TPSA) is 71.9 Å². The standard InChI is InChI=1S/C22H25N3O3S/c26-21(13-20-22(27)24-18-7-3-4-8-19(18)29-20)23-14-16-5-1-2-6-17(16)15-25-9-11-28-12-10-25/h1-8,20H,9-15H2,(H,23,26)(H,24,27)/p+1/t20-/m0/s1. The SMILES string of the molecule is O=C(C[C@@H]1Sc2ccccc2NC1=O)NCc1ccccc1C[NH+]1CCOCC1. The molecule has 6 nitrogen and oxygen atoms in total. The van der Waals surface area contributed by atoms with Crippen molar-refractivity contribution in [1.29, 1.82) is 0 Å². The highest BCUT2D eigenvalue weighted by atomic mass is 32.2. The lowest BCUT2D eigenvalue weighted by atomic mass is 10.1. The Balaban J connectivity index is 1.32. The van der Waals surface area contributed by atoms with E-state index < -0.39 is 5.25 Å². The van der Waals surface area contributed by atoms with Gasteiger partial charge in [0.05, 0.1) is 24.2 Å². The number of hydrogen-bond acceptors (Lipinski definition) is 4. The molecule has 4 rings (SSSR count). The number of benzene rings is 2. The van der Waals surface area contributed by atoms with Gasteiger partial charge in [-0.25, -0.2) is 0 Å². The highest BCUT2D eigenvalue weighted by molar-refractivity contribution is 8.01. The maximum Gasteiger partial charge on any atom is 0.238 e. The molecule has 0 bridgehead atoms. The number of fused-ring (bicyclic) bond motifs is 1. The third kappa shape index (κ3) is 5.18. The molecule has 152 valence electrons. The molecule has 2 aliphatic heterocycles. The molecule has 1 saturated heterocycles. The zero-order valence-electron chi connectivity index (χ0n) is 16.3. The molecule has 0 aliphatic carbocycles. The van der Waals surface area contributed by atoms with Crippen LogP contribution in [0.1, 0.15) is 17.5 Å². The first kappa shape index (κ1) is 19.9. The van der Waals surface area contributed by atoms with Gasteiger partial charge >= 0.3 is 0 Å². The molecule has 1 atom stereocenters. The molecule has 2 amide bonds. The van der Waals surface area contributed by atoms with E-state index in [2.05, 4.69) is 22.8 Å². The summed E-state index contributed by atoms with van der Waals surface area (Å²) in [7, 11) is 0. The van der Waals surface area contributed by atoms with Crippen LogP contribution in [0.2, 0.25) is 0 Å². The Labute approximate surface area is 175 Å². The fraction of sp³-hybridized carbons (Fsp3) is 0.364. The van der Waals surface area contributed by atoms with Crippen molar-refractivity contribution in [3.05, 3.63) is 59.7 Å². The predicted octanol–water partition coefficient (Wildman–Crippen LogP) is 1.22. The number of para-hydroxylation sites is 1. The first-order valence-electron chi connectivity index (χ1n) is 10.0. The maximum atomic E-state index is 12.5. The highest BCUT2D eigenvalue weighted by Crippen LogP contribution is 2.36. The summed E-state index contributed by atoms with van der Waals surface area (Å²) in [6.07, 6.45) is 0.168. The number of carbonyl (C=O) groups excluding carboxylic acids is 2. The van der Waals surface area contributed by atoms with E-state index in [0.29, 0.717) is 6.54 Å². The van der Waals surface area contributed by atoms with Crippen molar-refractivity contribution in [1.82, 2.24) is 5.32 Å². The smallest absolute Gasteiger partial charge is 0.238 e. The largest absolute Gasteiger partial charge is 0.370 e. The van der Waals surface area contributed by atoms with Gasteiger partial charge in [-0.2, -0.15) is 0 Å². The van der Waals surface area contributed by atoms with Gasteiger partial charge in [0.2, 0.25) is 11.8 Å². The van der Waals surface area contributed by atoms with E-state index in [9.17, 15) is 9.59 Å². The average Bonchev–Trinajstić information content (AvgIpc) is 2.74. The summed E-state index contributed by atoms with van der Waals surface area (Å²) < 4.78 is 5.44. The van der Waals surface area contributed by atoms with Gasteiger partial charge in [0.25, 0.3) is 0 Å². The summed E-state index contributed by atoms with van der Waals surface area (Å²) in [4.78, 5) is 27.3. The van der Waals surface area contributed by atoms with Gasteiger partial charge < -0.3 is 20.3 Å². The van der Waals surface area contributed by atoms with E-state index in [4.69, 9.17) is 4.74 Å². The van der Waals surface area contributed by atoms with Crippen LogP contribution < -0.4 is 15.5 Å². The molecule has 0 spiro atoms. The summed E-state index contributed by atoms with van der Waals surface area (Å²) in [5.41, 5.74) is 3.20. The number of ether oxygens (including phenoxy) is 1. The number of rotatable bonds is 6. The Morgan fingerprint density at radius 1 is 1.10 bits per heavy atom. The molecule has 3 N–H and O–H groups in total. The van der Waals surface area contributed by atoms with Crippen molar-refractivity contribution >= 4 is 29.3 Å². The Morgan fingerprint density at radius 3 is 2.66 bits per heavy atom. The molecule has 0 radical (unpaired) electrons. The fourth-order valence-corrected chi connectivity index (χ4v) is 4.78. The molecule has 2 aromatic carbocycles. The Morgan fingerprint density at radius 2 is 1.83 bits per heavy atom. The maximum absolute atomic E-state index is 12.5. The van der Waals surface area contributed by atoms with Crippen LogP contribution in [-0.2, 0) is 27.4 Å². The van der Waals surface area contributed by atoms with Crippen LogP contribution in [0.25, 0.3) is 0 Å².